The molecule has 19 heavy (non-hydrogen) atoms. The predicted octanol–water partition coefficient (Wildman–Crippen LogP) is 2.09. The van der Waals surface area contributed by atoms with E-state index in [4.69, 9.17) is 5.11 Å². The summed E-state index contributed by atoms with van der Waals surface area (Å²) in [5.74, 6) is -0.625. The molecule has 0 aliphatic heterocycles. The Labute approximate surface area is 113 Å². The fraction of sp³-hybridized carbons (Fsp3) is 0.538. The second-order valence-electron chi connectivity index (χ2n) is 4.46. The lowest BCUT2D eigenvalue weighted by Gasteiger charge is -2.11. The number of aliphatic hydroxyl groups is 1. The number of hydrogen-bond donors (Lipinski definition) is 2. The first-order valence-electron chi connectivity index (χ1n) is 6.32. The van der Waals surface area contributed by atoms with E-state index in [1.807, 2.05) is 6.92 Å². The van der Waals surface area contributed by atoms with Crippen LogP contribution in [0.25, 0.3) is 0 Å². The third-order valence-electron chi connectivity index (χ3n) is 2.90. The predicted molar refractivity (Wildman–Crippen MR) is 71.8 cm³/mol. The second-order valence-corrected chi connectivity index (χ2v) is 6.20. The van der Waals surface area contributed by atoms with Crippen molar-refractivity contribution in [2.75, 3.05) is 6.54 Å². The van der Waals surface area contributed by atoms with E-state index < -0.39 is 22.4 Å². The van der Waals surface area contributed by atoms with Gasteiger partial charge in [-0.2, -0.15) is 0 Å². The van der Waals surface area contributed by atoms with Gasteiger partial charge in [-0.15, -0.1) is 0 Å². The molecule has 0 fully saturated rings. The highest BCUT2D eigenvalue weighted by Gasteiger charge is 2.19. The zero-order chi connectivity index (χ0) is 14.5. The normalized spacial score (nSPS) is 11.8. The van der Waals surface area contributed by atoms with Gasteiger partial charge >= 0.3 is 0 Å². The molecule has 0 atom stereocenters. The first kappa shape index (κ1) is 16.1. The lowest BCUT2D eigenvalue weighted by atomic mass is 10.1. The molecule has 1 aromatic rings. The van der Waals surface area contributed by atoms with Crippen LogP contribution in [0.2, 0.25) is 0 Å². The Morgan fingerprint density at radius 3 is 2.58 bits per heavy atom. The van der Waals surface area contributed by atoms with Gasteiger partial charge in [-0.25, -0.2) is 17.5 Å². The summed E-state index contributed by atoms with van der Waals surface area (Å²) in [6, 6.07) is 2.45. The lowest BCUT2D eigenvalue weighted by Crippen LogP contribution is -2.26. The molecule has 0 spiro atoms. The van der Waals surface area contributed by atoms with Crippen molar-refractivity contribution < 1.29 is 17.9 Å². The molecular weight excluding hydrogens is 269 g/mol. The highest BCUT2D eigenvalue weighted by atomic mass is 32.2. The third kappa shape index (κ3) is 4.26. The van der Waals surface area contributed by atoms with Crippen molar-refractivity contribution >= 4 is 10.0 Å². The number of sulfonamides is 1. The van der Waals surface area contributed by atoms with Crippen LogP contribution in [0.5, 0.6) is 0 Å². The Balaban J connectivity index is 2.97. The molecule has 0 unspecified atom stereocenters. The van der Waals surface area contributed by atoms with Crippen molar-refractivity contribution in [2.24, 2.45) is 0 Å². The van der Waals surface area contributed by atoms with Crippen LogP contribution < -0.4 is 4.72 Å². The van der Waals surface area contributed by atoms with Crippen molar-refractivity contribution in [2.45, 2.75) is 44.6 Å². The van der Waals surface area contributed by atoms with Crippen molar-refractivity contribution in [3.8, 4) is 0 Å². The average Bonchev–Trinajstić information content (AvgIpc) is 2.37. The zero-order valence-electron chi connectivity index (χ0n) is 11.2. The minimum Gasteiger partial charge on any atom is -0.392 e. The number of hydrogen-bond acceptors (Lipinski definition) is 3. The van der Waals surface area contributed by atoms with E-state index >= 15 is 0 Å². The van der Waals surface area contributed by atoms with Gasteiger partial charge < -0.3 is 5.11 Å². The van der Waals surface area contributed by atoms with E-state index in [-0.39, 0.29) is 16.0 Å². The van der Waals surface area contributed by atoms with Gasteiger partial charge in [-0.05, 0) is 31.0 Å². The van der Waals surface area contributed by atoms with Gasteiger partial charge in [0.25, 0.3) is 0 Å². The van der Waals surface area contributed by atoms with E-state index in [1.165, 1.54) is 13.0 Å². The Morgan fingerprint density at radius 1 is 1.32 bits per heavy atom. The van der Waals surface area contributed by atoms with Gasteiger partial charge in [0.15, 0.2) is 0 Å². The number of benzene rings is 1. The van der Waals surface area contributed by atoms with Crippen LogP contribution in [0.4, 0.5) is 4.39 Å². The summed E-state index contributed by atoms with van der Waals surface area (Å²) in [5, 5.41) is 9.01. The van der Waals surface area contributed by atoms with Crippen LogP contribution in [0.15, 0.2) is 17.0 Å². The average molecular weight is 289 g/mol. The first-order valence-corrected chi connectivity index (χ1v) is 7.80. The van der Waals surface area contributed by atoms with Crippen LogP contribution in [0, 0.1) is 12.7 Å². The maximum absolute atomic E-state index is 13.6. The monoisotopic (exact) mass is 289 g/mol. The second kappa shape index (κ2) is 6.98. The van der Waals surface area contributed by atoms with Gasteiger partial charge in [-0.1, -0.05) is 19.8 Å². The molecule has 0 aromatic heterocycles. The standard InChI is InChI=1S/C13H20FNO3S/c1-3-4-5-6-15-19(17,18)13-8-11(9-16)7-12(14)10(13)2/h7-8,15-16H,3-6,9H2,1-2H3. The molecule has 0 amide bonds. The molecule has 0 saturated heterocycles. The summed E-state index contributed by atoms with van der Waals surface area (Å²) in [7, 11) is -3.73. The summed E-state index contributed by atoms with van der Waals surface area (Å²) < 4.78 is 40.2. The van der Waals surface area contributed by atoms with Gasteiger partial charge in [0.1, 0.15) is 5.82 Å². The zero-order valence-corrected chi connectivity index (χ0v) is 12.1. The summed E-state index contributed by atoms with van der Waals surface area (Å²) in [6.07, 6.45) is 2.68. The van der Waals surface area contributed by atoms with E-state index in [2.05, 4.69) is 4.72 Å². The smallest absolute Gasteiger partial charge is 0.240 e. The van der Waals surface area contributed by atoms with Gasteiger partial charge in [0, 0.05) is 12.1 Å². The highest BCUT2D eigenvalue weighted by molar-refractivity contribution is 7.89. The van der Waals surface area contributed by atoms with Crippen LogP contribution in [0.1, 0.15) is 37.3 Å². The Bertz CT molecular complexity index is 529. The first-order chi connectivity index (χ1) is 8.92. The molecule has 1 rings (SSSR count). The summed E-state index contributed by atoms with van der Waals surface area (Å²) >= 11 is 0. The molecule has 0 aliphatic rings. The molecule has 0 saturated carbocycles. The van der Waals surface area contributed by atoms with E-state index in [1.54, 1.807) is 0 Å². The van der Waals surface area contributed by atoms with Crippen molar-refractivity contribution in [3.63, 3.8) is 0 Å². The van der Waals surface area contributed by atoms with Crippen molar-refractivity contribution in [1.29, 1.82) is 0 Å². The molecule has 108 valence electrons. The summed E-state index contributed by atoms with van der Waals surface area (Å²) in [4.78, 5) is -0.104. The van der Waals surface area contributed by atoms with Crippen molar-refractivity contribution in [3.05, 3.63) is 29.1 Å². The Hall–Kier alpha value is -0.980. The van der Waals surface area contributed by atoms with Crippen LogP contribution in [0.3, 0.4) is 0 Å². The maximum Gasteiger partial charge on any atom is 0.240 e. The quantitative estimate of drug-likeness (QED) is 0.755. The third-order valence-corrected chi connectivity index (χ3v) is 4.49. The molecule has 4 nitrogen and oxygen atoms in total. The largest absolute Gasteiger partial charge is 0.392 e. The summed E-state index contributed by atoms with van der Waals surface area (Å²) in [6.45, 7) is 3.38. The number of halogens is 1. The Morgan fingerprint density at radius 2 is 2.00 bits per heavy atom. The van der Waals surface area contributed by atoms with E-state index in [0.717, 1.165) is 25.3 Å². The van der Waals surface area contributed by atoms with Gasteiger partial charge in [0.05, 0.1) is 11.5 Å². The minimum atomic E-state index is -3.73. The number of rotatable bonds is 7. The Kier molecular flexibility index (Phi) is 5.90. The van der Waals surface area contributed by atoms with Gasteiger partial charge in [-0.3, -0.25) is 0 Å². The molecular formula is C13H20FNO3S. The molecule has 2 N–H and O–H groups in total. The lowest BCUT2D eigenvalue weighted by molar-refractivity contribution is 0.281. The maximum atomic E-state index is 13.6. The van der Waals surface area contributed by atoms with E-state index in [9.17, 15) is 12.8 Å². The topological polar surface area (TPSA) is 66.4 Å². The fourth-order valence-corrected chi connectivity index (χ4v) is 3.11. The fourth-order valence-electron chi connectivity index (χ4n) is 1.74. The molecule has 0 bridgehead atoms. The van der Waals surface area contributed by atoms with Crippen LogP contribution in [-0.4, -0.2) is 20.1 Å². The van der Waals surface area contributed by atoms with Crippen molar-refractivity contribution in [1.82, 2.24) is 4.72 Å². The molecule has 0 heterocycles. The number of unbranched alkanes of at least 4 members (excludes halogenated alkanes) is 2. The van der Waals surface area contributed by atoms with E-state index in [0.29, 0.717) is 6.54 Å². The van der Waals surface area contributed by atoms with Crippen LogP contribution >= 0.6 is 0 Å². The SMILES string of the molecule is CCCCCNS(=O)(=O)c1cc(CO)cc(F)c1C. The molecule has 0 radical (unpaired) electrons. The highest BCUT2D eigenvalue weighted by Crippen LogP contribution is 2.20. The molecule has 1 aromatic carbocycles. The molecule has 6 heteroatoms. The number of nitrogens with one attached hydrogen (secondary N) is 1. The van der Waals surface area contributed by atoms with Gasteiger partial charge in [0.2, 0.25) is 10.0 Å². The molecule has 0 aliphatic carbocycles. The summed E-state index contributed by atoms with van der Waals surface area (Å²) in [5.41, 5.74) is 0.317. The number of aliphatic hydroxyl groups excluding tert-OH is 1. The minimum absolute atomic E-state index is 0.0696. The van der Waals surface area contributed by atoms with Crippen LogP contribution in [-0.2, 0) is 16.6 Å².